The molecule has 0 spiro atoms. The van der Waals surface area contributed by atoms with Gasteiger partial charge < -0.3 is 14.8 Å². The number of hydrogen-bond donors (Lipinski definition) is 1. The zero-order valence-corrected chi connectivity index (χ0v) is 11.8. The van der Waals surface area contributed by atoms with E-state index in [-0.39, 0.29) is 0 Å². The lowest BCUT2D eigenvalue weighted by atomic mass is 10.1. The number of fused-ring (bicyclic) bond motifs is 1. The van der Waals surface area contributed by atoms with Gasteiger partial charge >= 0.3 is 0 Å². The van der Waals surface area contributed by atoms with Crippen LogP contribution in [0.2, 0.25) is 0 Å². The first-order valence-corrected chi connectivity index (χ1v) is 6.70. The van der Waals surface area contributed by atoms with E-state index in [1.807, 2.05) is 19.1 Å². The molecule has 0 bridgehead atoms. The fourth-order valence-electron chi connectivity index (χ4n) is 2.40. The molecular formula is C16H18N2O2. The van der Waals surface area contributed by atoms with E-state index in [9.17, 15) is 0 Å². The highest BCUT2D eigenvalue weighted by Crippen LogP contribution is 2.27. The standard InChI is InChI=1S/C16H18N2O2/c1-11-7-13-9-20-10-15(13)16(18-11)17-8-12-3-5-14(19-2)6-4-12/h3-7H,8-10H2,1-2H3,(H,17,18). The third-order valence-electron chi connectivity index (χ3n) is 3.47. The highest BCUT2D eigenvalue weighted by atomic mass is 16.5. The van der Waals surface area contributed by atoms with Gasteiger partial charge in [-0.15, -0.1) is 0 Å². The number of anilines is 1. The molecule has 1 aliphatic rings. The second-order valence-corrected chi connectivity index (χ2v) is 4.94. The molecule has 0 unspecified atom stereocenters. The van der Waals surface area contributed by atoms with Gasteiger partial charge in [-0.2, -0.15) is 0 Å². The average molecular weight is 270 g/mol. The Morgan fingerprint density at radius 3 is 2.80 bits per heavy atom. The van der Waals surface area contributed by atoms with Crippen LogP contribution in [-0.4, -0.2) is 12.1 Å². The zero-order valence-electron chi connectivity index (χ0n) is 11.8. The van der Waals surface area contributed by atoms with Crippen molar-refractivity contribution in [3.05, 3.63) is 52.7 Å². The van der Waals surface area contributed by atoms with E-state index in [0.29, 0.717) is 13.2 Å². The van der Waals surface area contributed by atoms with Crippen molar-refractivity contribution in [3.63, 3.8) is 0 Å². The first-order chi connectivity index (χ1) is 9.76. The van der Waals surface area contributed by atoms with Crippen molar-refractivity contribution >= 4 is 5.82 Å². The molecule has 2 heterocycles. The lowest BCUT2D eigenvalue weighted by molar-refractivity contribution is 0.134. The van der Waals surface area contributed by atoms with E-state index in [0.717, 1.165) is 23.8 Å². The van der Waals surface area contributed by atoms with Crippen molar-refractivity contribution < 1.29 is 9.47 Å². The van der Waals surface area contributed by atoms with Crippen molar-refractivity contribution in [1.82, 2.24) is 4.98 Å². The highest BCUT2D eigenvalue weighted by molar-refractivity contribution is 5.51. The zero-order chi connectivity index (χ0) is 13.9. The van der Waals surface area contributed by atoms with Gasteiger partial charge in [0.1, 0.15) is 11.6 Å². The van der Waals surface area contributed by atoms with Crippen LogP contribution in [0.5, 0.6) is 5.75 Å². The van der Waals surface area contributed by atoms with Crippen LogP contribution < -0.4 is 10.1 Å². The van der Waals surface area contributed by atoms with E-state index in [4.69, 9.17) is 9.47 Å². The molecule has 20 heavy (non-hydrogen) atoms. The smallest absolute Gasteiger partial charge is 0.132 e. The van der Waals surface area contributed by atoms with Crippen LogP contribution in [0.25, 0.3) is 0 Å². The summed E-state index contributed by atoms with van der Waals surface area (Å²) in [5.41, 5.74) is 4.65. The van der Waals surface area contributed by atoms with E-state index < -0.39 is 0 Å². The maximum atomic E-state index is 5.50. The van der Waals surface area contributed by atoms with Crippen LogP contribution in [0.1, 0.15) is 22.4 Å². The largest absolute Gasteiger partial charge is 0.497 e. The predicted octanol–water partition coefficient (Wildman–Crippen LogP) is 3.04. The van der Waals surface area contributed by atoms with Crippen LogP contribution in [-0.2, 0) is 24.5 Å². The number of pyridine rings is 1. The van der Waals surface area contributed by atoms with Crippen LogP contribution in [0.15, 0.2) is 30.3 Å². The van der Waals surface area contributed by atoms with Gasteiger partial charge in [0.15, 0.2) is 0 Å². The minimum Gasteiger partial charge on any atom is -0.497 e. The summed E-state index contributed by atoms with van der Waals surface area (Å²) >= 11 is 0. The SMILES string of the molecule is COc1ccc(CNc2nc(C)cc3c2COC3)cc1. The van der Waals surface area contributed by atoms with Gasteiger partial charge in [0, 0.05) is 17.8 Å². The van der Waals surface area contributed by atoms with Crippen LogP contribution >= 0.6 is 0 Å². The molecule has 0 saturated heterocycles. The number of hydrogen-bond acceptors (Lipinski definition) is 4. The van der Waals surface area contributed by atoms with Crippen molar-refractivity contribution in [1.29, 1.82) is 0 Å². The average Bonchev–Trinajstić information content (AvgIpc) is 2.93. The molecule has 0 aliphatic carbocycles. The quantitative estimate of drug-likeness (QED) is 0.927. The molecule has 0 radical (unpaired) electrons. The fraction of sp³-hybridized carbons (Fsp3) is 0.312. The summed E-state index contributed by atoms with van der Waals surface area (Å²) in [6.45, 7) is 4.09. The Hall–Kier alpha value is -2.07. The van der Waals surface area contributed by atoms with Gasteiger partial charge in [-0.3, -0.25) is 0 Å². The first kappa shape index (κ1) is 12.9. The summed E-state index contributed by atoms with van der Waals surface area (Å²) in [6.07, 6.45) is 0. The molecule has 4 nitrogen and oxygen atoms in total. The monoisotopic (exact) mass is 270 g/mol. The summed E-state index contributed by atoms with van der Waals surface area (Å²) in [5.74, 6) is 1.81. The maximum Gasteiger partial charge on any atom is 0.132 e. The molecule has 0 fully saturated rings. The summed E-state index contributed by atoms with van der Waals surface area (Å²) in [4.78, 5) is 4.58. The molecule has 104 valence electrons. The summed E-state index contributed by atoms with van der Waals surface area (Å²) in [6, 6.07) is 10.1. The molecule has 4 heteroatoms. The predicted molar refractivity (Wildman–Crippen MR) is 77.8 cm³/mol. The third kappa shape index (κ3) is 2.60. The molecule has 0 saturated carbocycles. The lowest BCUT2D eigenvalue weighted by Crippen LogP contribution is -2.05. The number of ether oxygens (including phenoxy) is 2. The Balaban J connectivity index is 1.75. The number of nitrogens with zero attached hydrogens (tertiary/aromatic N) is 1. The molecular weight excluding hydrogens is 252 g/mol. The van der Waals surface area contributed by atoms with Crippen molar-refractivity contribution in [2.24, 2.45) is 0 Å². The second kappa shape index (κ2) is 5.51. The van der Waals surface area contributed by atoms with Crippen LogP contribution in [0, 0.1) is 6.92 Å². The summed E-state index contributed by atoms with van der Waals surface area (Å²) < 4.78 is 10.7. The van der Waals surface area contributed by atoms with Crippen LogP contribution in [0.3, 0.4) is 0 Å². The Morgan fingerprint density at radius 1 is 1.25 bits per heavy atom. The van der Waals surface area contributed by atoms with E-state index in [1.165, 1.54) is 16.7 Å². The first-order valence-electron chi connectivity index (χ1n) is 6.70. The third-order valence-corrected chi connectivity index (χ3v) is 3.47. The molecule has 1 N–H and O–H groups in total. The molecule has 2 aromatic rings. The van der Waals surface area contributed by atoms with Crippen molar-refractivity contribution in [2.75, 3.05) is 12.4 Å². The minimum absolute atomic E-state index is 0.646. The molecule has 1 aromatic heterocycles. The number of aryl methyl sites for hydroxylation is 1. The number of benzene rings is 1. The Bertz CT molecular complexity index is 609. The van der Waals surface area contributed by atoms with Crippen molar-refractivity contribution in [3.8, 4) is 5.75 Å². The minimum atomic E-state index is 0.646. The Labute approximate surface area is 118 Å². The molecule has 1 aromatic carbocycles. The normalized spacial score (nSPS) is 13.1. The number of rotatable bonds is 4. The van der Waals surface area contributed by atoms with E-state index >= 15 is 0 Å². The number of nitrogens with one attached hydrogen (secondary N) is 1. The van der Waals surface area contributed by atoms with Gasteiger partial charge in [0.05, 0.1) is 20.3 Å². The van der Waals surface area contributed by atoms with Gasteiger partial charge in [-0.05, 0) is 36.2 Å². The Kier molecular flexibility index (Phi) is 3.56. The van der Waals surface area contributed by atoms with E-state index in [2.05, 4.69) is 28.5 Å². The molecule has 1 aliphatic heterocycles. The van der Waals surface area contributed by atoms with Gasteiger partial charge in [0.25, 0.3) is 0 Å². The van der Waals surface area contributed by atoms with Gasteiger partial charge in [-0.1, -0.05) is 12.1 Å². The van der Waals surface area contributed by atoms with Crippen LogP contribution in [0.4, 0.5) is 5.82 Å². The topological polar surface area (TPSA) is 43.4 Å². The summed E-state index contributed by atoms with van der Waals surface area (Å²) in [7, 11) is 1.67. The molecule has 3 rings (SSSR count). The van der Waals surface area contributed by atoms with Crippen molar-refractivity contribution in [2.45, 2.75) is 26.7 Å². The maximum absolute atomic E-state index is 5.50. The molecule has 0 amide bonds. The number of aromatic nitrogens is 1. The highest BCUT2D eigenvalue weighted by Gasteiger charge is 2.17. The summed E-state index contributed by atoms with van der Waals surface area (Å²) in [5, 5.41) is 3.41. The Morgan fingerprint density at radius 2 is 2.05 bits per heavy atom. The lowest BCUT2D eigenvalue weighted by Gasteiger charge is -2.11. The fourth-order valence-corrected chi connectivity index (χ4v) is 2.40. The number of methoxy groups -OCH3 is 1. The second-order valence-electron chi connectivity index (χ2n) is 4.94. The van der Waals surface area contributed by atoms with Gasteiger partial charge in [-0.25, -0.2) is 4.98 Å². The molecule has 0 atom stereocenters. The van der Waals surface area contributed by atoms with Gasteiger partial charge in [0.2, 0.25) is 0 Å². The van der Waals surface area contributed by atoms with E-state index in [1.54, 1.807) is 7.11 Å².